The highest BCUT2D eigenvalue weighted by molar-refractivity contribution is 7.91. The summed E-state index contributed by atoms with van der Waals surface area (Å²) in [5, 5.41) is 3.20. The van der Waals surface area contributed by atoms with Gasteiger partial charge >= 0.3 is 0 Å². The van der Waals surface area contributed by atoms with Gasteiger partial charge in [-0.15, -0.1) is 0 Å². The standard InChI is InChI=1S/C16H26N4O3S/c1-3-5-6-8-17-15-10-14(18-12-19-15)16(21)20(4-2)13-7-9-24(22,23)11-13/h10,12-13H,3-9,11H2,1-2H3,(H,17,18,19). The van der Waals surface area contributed by atoms with Crippen molar-refractivity contribution >= 4 is 21.6 Å². The third-order valence-electron chi connectivity index (χ3n) is 4.22. The molecular formula is C16H26N4O3S. The van der Waals surface area contributed by atoms with Gasteiger partial charge in [-0.3, -0.25) is 4.79 Å². The van der Waals surface area contributed by atoms with E-state index in [4.69, 9.17) is 0 Å². The molecule has 2 heterocycles. The Bertz CT molecular complexity index is 663. The molecule has 1 amide bonds. The first-order valence-corrected chi connectivity index (χ1v) is 10.4. The molecule has 7 nitrogen and oxygen atoms in total. The van der Waals surface area contributed by atoms with Crippen LogP contribution in [0.4, 0.5) is 5.82 Å². The Hall–Kier alpha value is -1.70. The maximum atomic E-state index is 12.7. The van der Waals surface area contributed by atoms with E-state index in [-0.39, 0.29) is 23.5 Å². The SMILES string of the molecule is CCCCCNc1cc(C(=O)N(CC)C2CCS(=O)(=O)C2)ncn1. The van der Waals surface area contributed by atoms with E-state index >= 15 is 0 Å². The number of unbranched alkanes of at least 4 members (excludes halogenated alkanes) is 2. The lowest BCUT2D eigenvalue weighted by molar-refractivity contribution is 0.0702. The summed E-state index contributed by atoms with van der Waals surface area (Å²) in [5.41, 5.74) is 0.300. The molecule has 1 aromatic heterocycles. The molecule has 1 atom stereocenters. The van der Waals surface area contributed by atoms with Gasteiger partial charge in [0, 0.05) is 25.2 Å². The molecule has 1 aromatic rings. The quantitative estimate of drug-likeness (QED) is 0.715. The molecule has 0 aliphatic carbocycles. The Morgan fingerprint density at radius 1 is 1.33 bits per heavy atom. The van der Waals surface area contributed by atoms with Crippen molar-refractivity contribution < 1.29 is 13.2 Å². The van der Waals surface area contributed by atoms with E-state index in [0.717, 1.165) is 25.8 Å². The molecule has 1 unspecified atom stereocenters. The fourth-order valence-electron chi connectivity index (χ4n) is 2.90. The Kier molecular flexibility index (Phi) is 6.53. The molecule has 0 saturated carbocycles. The van der Waals surface area contributed by atoms with Crippen molar-refractivity contribution in [2.45, 2.75) is 45.6 Å². The van der Waals surface area contributed by atoms with Crippen LogP contribution in [-0.2, 0) is 9.84 Å². The van der Waals surface area contributed by atoms with Crippen molar-refractivity contribution in [3.8, 4) is 0 Å². The van der Waals surface area contributed by atoms with Gasteiger partial charge in [0.05, 0.1) is 11.5 Å². The van der Waals surface area contributed by atoms with E-state index in [9.17, 15) is 13.2 Å². The lowest BCUT2D eigenvalue weighted by Gasteiger charge is -2.26. The zero-order valence-corrected chi connectivity index (χ0v) is 15.2. The van der Waals surface area contributed by atoms with Gasteiger partial charge in [0.15, 0.2) is 9.84 Å². The highest BCUT2D eigenvalue weighted by Crippen LogP contribution is 2.19. The van der Waals surface area contributed by atoms with Crippen molar-refractivity contribution in [1.82, 2.24) is 14.9 Å². The first-order chi connectivity index (χ1) is 11.5. The van der Waals surface area contributed by atoms with Crippen molar-refractivity contribution in [2.75, 3.05) is 29.9 Å². The van der Waals surface area contributed by atoms with E-state index < -0.39 is 9.84 Å². The van der Waals surface area contributed by atoms with Crippen LogP contribution in [0.2, 0.25) is 0 Å². The molecule has 1 aliphatic heterocycles. The van der Waals surface area contributed by atoms with Gasteiger partial charge in [0.25, 0.3) is 5.91 Å². The molecule has 0 aromatic carbocycles. The number of nitrogens with one attached hydrogen (secondary N) is 1. The van der Waals surface area contributed by atoms with E-state index in [2.05, 4.69) is 22.2 Å². The molecule has 8 heteroatoms. The third-order valence-corrected chi connectivity index (χ3v) is 5.97. The number of aromatic nitrogens is 2. The molecule has 0 radical (unpaired) electrons. The molecule has 0 spiro atoms. The van der Waals surface area contributed by atoms with E-state index in [1.807, 2.05) is 6.92 Å². The fourth-order valence-corrected chi connectivity index (χ4v) is 4.63. The largest absolute Gasteiger partial charge is 0.370 e. The molecule has 2 rings (SSSR count). The minimum atomic E-state index is -3.03. The van der Waals surface area contributed by atoms with Gasteiger partial charge in [-0.05, 0) is 19.8 Å². The molecule has 1 aliphatic rings. The summed E-state index contributed by atoms with van der Waals surface area (Å²) in [6, 6.07) is 1.38. The number of anilines is 1. The summed E-state index contributed by atoms with van der Waals surface area (Å²) in [6.45, 7) is 5.26. The molecule has 134 valence electrons. The number of carbonyl (C=O) groups is 1. The van der Waals surface area contributed by atoms with Gasteiger partial charge < -0.3 is 10.2 Å². The predicted octanol–water partition coefficient (Wildman–Crippen LogP) is 1.73. The number of amides is 1. The first kappa shape index (κ1) is 18.6. The summed E-state index contributed by atoms with van der Waals surface area (Å²) >= 11 is 0. The van der Waals surface area contributed by atoms with Crippen LogP contribution in [-0.4, -0.2) is 59.8 Å². The zero-order valence-electron chi connectivity index (χ0n) is 14.4. The van der Waals surface area contributed by atoms with E-state index in [1.54, 1.807) is 11.0 Å². The Labute approximate surface area is 143 Å². The fraction of sp³-hybridized carbons (Fsp3) is 0.688. The number of sulfone groups is 1. The van der Waals surface area contributed by atoms with E-state index in [1.165, 1.54) is 6.33 Å². The number of hydrogen-bond donors (Lipinski definition) is 1. The van der Waals surface area contributed by atoms with Gasteiger partial charge in [-0.25, -0.2) is 18.4 Å². The number of carbonyl (C=O) groups excluding carboxylic acids is 1. The van der Waals surface area contributed by atoms with Gasteiger partial charge in [-0.1, -0.05) is 19.8 Å². The minimum Gasteiger partial charge on any atom is -0.370 e. The zero-order chi connectivity index (χ0) is 17.6. The average molecular weight is 354 g/mol. The maximum absolute atomic E-state index is 12.7. The van der Waals surface area contributed by atoms with Gasteiger partial charge in [0.1, 0.15) is 17.8 Å². The van der Waals surface area contributed by atoms with Crippen LogP contribution in [0.1, 0.15) is 50.0 Å². The number of rotatable bonds is 8. The average Bonchev–Trinajstić information content (AvgIpc) is 2.92. The molecular weight excluding hydrogens is 328 g/mol. The van der Waals surface area contributed by atoms with E-state index in [0.29, 0.717) is 24.5 Å². The first-order valence-electron chi connectivity index (χ1n) is 8.54. The number of nitrogens with zero attached hydrogens (tertiary/aromatic N) is 3. The Morgan fingerprint density at radius 2 is 2.12 bits per heavy atom. The van der Waals surface area contributed by atoms with Crippen LogP contribution < -0.4 is 5.32 Å². The van der Waals surface area contributed by atoms with Gasteiger partial charge in [-0.2, -0.15) is 0 Å². The summed E-state index contributed by atoms with van der Waals surface area (Å²) in [5.74, 6) is 0.577. The summed E-state index contributed by atoms with van der Waals surface area (Å²) < 4.78 is 23.3. The third kappa shape index (κ3) is 4.90. The topological polar surface area (TPSA) is 92.3 Å². The van der Waals surface area contributed by atoms with Crippen LogP contribution in [0.25, 0.3) is 0 Å². The maximum Gasteiger partial charge on any atom is 0.272 e. The minimum absolute atomic E-state index is 0.0415. The van der Waals surface area contributed by atoms with Gasteiger partial charge in [0.2, 0.25) is 0 Å². The molecule has 0 bridgehead atoms. The summed E-state index contributed by atoms with van der Waals surface area (Å²) in [7, 11) is -3.03. The number of hydrogen-bond acceptors (Lipinski definition) is 6. The monoisotopic (exact) mass is 354 g/mol. The lowest BCUT2D eigenvalue weighted by atomic mass is 10.2. The molecule has 24 heavy (non-hydrogen) atoms. The highest BCUT2D eigenvalue weighted by Gasteiger charge is 2.34. The van der Waals surface area contributed by atoms with Crippen molar-refractivity contribution in [2.24, 2.45) is 0 Å². The smallest absolute Gasteiger partial charge is 0.272 e. The normalized spacial score (nSPS) is 19.2. The van der Waals surface area contributed by atoms with Crippen LogP contribution in [0.15, 0.2) is 12.4 Å². The summed E-state index contributed by atoms with van der Waals surface area (Å²) in [4.78, 5) is 22.5. The van der Waals surface area contributed by atoms with Crippen LogP contribution in [0, 0.1) is 0 Å². The second kappa shape index (κ2) is 8.41. The lowest BCUT2D eigenvalue weighted by Crippen LogP contribution is -2.41. The van der Waals surface area contributed by atoms with Crippen molar-refractivity contribution in [1.29, 1.82) is 0 Å². The molecule has 1 N–H and O–H groups in total. The molecule has 1 saturated heterocycles. The van der Waals surface area contributed by atoms with Crippen LogP contribution in [0.3, 0.4) is 0 Å². The predicted molar refractivity (Wildman–Crippen MR) is 93.8 cm³/mol. The van der Waals surface area contributed by atoms with Crippen LogP contribution in [0.5, 0.6) is 0 Å². The second-order valence-corrected chi connectivity index (χ2v) is 8.30. The molecule has 1 fully saturated rings. The van der Waals surface area contributed by atoms with Crippen molar-refractivity contribution in [3.63, 3.8) is 0 Å². The Balaban J connectivity index is 2.04. The second-order valence-electron chi connectivity index (χ2n) is 6.07. The Morgan fingerprint density at radius 3 is 2.75 bits per heavy atom. The summed E-state index contributed by atoms with van der Waals surface area (Å²) in [6.07, 6.45) is 5.20. The van der Waals surface area contributed by atoms with Crippen LogP contribution >= 0.6 is 0 Å². The highest BCUT2D eigenvalue weighted by atomic mass is 32.2. The van der Waals surface area contributed by atoms with Crippen molar-refractivity contribution in [3.05, 3.63) is 18.1 Å².